The van der Waals surface area contributed by atoms with Gasteiger partial charge in [-0.25, -0.2) is 4.57 Å². The van der Waals surface area contributed by atoms with Crippen molar-refractivity contribution in [1.82, 2.24) is 0 Å². The molecule has 1 unspecified atom stereocenters. The summed E-state index contributed by atoms with van der Waals surface area (Å²) >= 11 is 0. The maximum atomic E-state index is 12.6. The molecule has 0 aromatic rings. The van der Waals surface area contributed by atoms with Gasteiger partial charge in [0.2, 0.25) is 0 Å². The zero-order chi connectivity index (χ0) is 45.9. The first-order valence-electron chi connectivity index (χ1n) is 23.5. The Morgan fingerprint density at radius 1 is 0.597 bits per heavy atom. The number of phosphoric acid groups is 1. The summed E-state index contributed by atoms with van der Waals surface area (Å²) in [6.07, 6.45) is 40.9. The molecular weight excluding hydrogens is 812 g/mol. The van der Waals surface area contributed by atoms with E-state index in [2.05, 4.69) is 18.4 Å². The van der Waals surface area contributed by atoms with E-state index in [-0.39, 0.29) is 19.4 Å². The van der Waals surface area contributed by atoms with Crippen molar-refractivity contribution in [1.29, 1.82) is 0 Å². The predicted octanol–water partition coefficient (Wildman–Crippen LogP) is 10.6. The summed E-state index contributed by atoms with van der Waals surface area (Å²) in [6.45, 7) is 4.33. The summed E-state index contributed by atoms with van der Waals surface area (Å²) in [5, 5.41) is 38.3. The minimum atomic E-state index is -4.67. The lowest BCUT2D eigenvalue weighted by atomic mass is 10.0. The number of hydrogen-bond donors (Lipinski definition) is 5. The third-order valence-corrected chi connectivity index (χ3v) is 10.7. The largest absolute Gasteiger partial charge is 0.472 e. The van der Waals surface area contributed by atoms with Crippen molar-refractivity contribution in [2.24, 2.45) is 5.92 Å². The molecule has 0 radical (unpaired) electrons. The quantitative estimate of drug-likeness (QED) is 0.0128. The van der Waals surface area contributed by atoms with Gasteiger partial charge >= 0.3 is 19.8 Å². The van der Waals surface area contributed by atoms with Crippen molar-refractivity contribution < 1.29 is 58.0 Å². The van der Waals surface area contributed by atoms with Crippen LogP contribution in [-0.2, 0) is 32.7 Å². The normalized spacial score (nSPS) is 15.5. The Hall–Kier alpha value is -2.67. The Morgan fingerprint density at radius 3 is 1.63 bits per heavy atom. The van der Waals surface area contributed by atoms with E-state index in [9.17, 15) is 34.4 Å². The van der Waals surface area contributed by atoms with E-state index in [4.69, 9.17) is 19.1 Å². The maximum Gasteiger partial charge on any atom is 0.472 e. The Balaban J connectivity index is 4.47. The van der Waals surface area contributed by atoms with Gasteiger partial charge in [0.15, 0.2) is 6.10 Å². The fraction of sp³-hybridized carbons (Fsp3) is 0.714. The van der Waals surface area contributed by atoms with E-state index in [1.807, 2.05) is 43.4 Å². The molecule has 358 valence electrons. The first-order valence-corrected chi connectivity index (χ1v) is 25.0. The molecule has 12 nitrogen and oxygen atoms in total. The number of phosphoric ester groups is 1. The van der Waals surface area contributed by atoms with E-state index >= 15 is 0 Å². The second-order valence-electron chi connectivity index (χ2n) is 16.3. The van der Waals surface area contributed by atoms with Gasteiger partial charge in [-0.1, -0.05) is 190 Å². The van der Waals surface area contributed by atoms with Crippen molar-refractivity contribution in [2.45, 2.75) is 193 Å². The van der Waals surface area contributed by atoms with Gasteiger partial charge in [0.1, 0.15) is 12.7 Å². The number of unbranched alkanes of at least 4 members (excludes halogenated alkanes) is 14. The van der Waals surface area contributed by atoms with Crippen molar-refractivity contribution in [2.75, 3.05) is 26.4 Å². The molecule has 0 saturated heterocycles. The van der Waals surface area contributed by atoms with Gasteiger partial charge in [0, 0.05) is 12.8 Å². The molecule has 0 saturated carbocycles. The van der Waals surface area contributed by atoms with Crippen LogP contribution in [0, 0.1) is 5.92 Å². The molecule has 0 amide bonds. The van der Waals surface area contributed by atoms with E-state index in [0.717, 1.165) is 31.6 Å². The third-order valence-electron chi connectivity index (χ3n) is 9.73. The second kappa shape index (κ2) is 42.3. The second-order valence-corrected chi connectivity index (χ2v) is 17.7. The molecule has 0 aliphatic carbocycles. The van der Waals surface area contributed by atoms with Gasteiger partial charge < -0.3 is 34.8 Å². The smallest absolute Gasteiger partial charge is 0.462 e. The summed E-state index contributed by atoms with van der Waals surface area (Å²) in [5.41, 5.74) is 0. The molecule has 13 heteroatoms. The van der Waals surface area contributed by atoms with Crippen LogP contribution in [-0.4, -0.2) is 88.1 Å². The zero-order valence-electron chi connectivity index (χ0n) is 38.4. The molecule has 0 spiro atoms. The Kier molecular flexibility index (Phi) is 40.5. The molecule has 5 atom stereocenters. The van der Waals surface area contributed by atoms with Gasteiger partial charge in [-0.05, 0) is 44.4 Å². The summed E-state index contributed by atoms with van der Waals surface area (Å²) in [4.78, 5) is 35.1. The lowest BCUT2D eigenvalue weighted by Gasteiger charge is -2.20. The number of hydrogen-bond acceptors (Lipinski definition) is 11. The van der Waals surface area contributed by atoms with Crippen LogP contribution in [0.15, 0.2) is 72.9 Å². The average Bonchev–Trinajstić information content (AvgIpc) is 3.24. The number of ether oxygens (including phenoxy) is 2. The molecule has 0 heterocycles. The van der Waals surface area contributed by atoms with Crippen LogP contribution in [0.3, 0.4) is 0 Å². The highest BCUT2D eigenvalue weighted by Gasteiger charge is 2.27. The number of rotatable bonds is 42. The molecule has 0 aliphatic heterocycles. The first kappa shape index (κ1) is 59.3. The summed E-state index contributed by atoms with van der Waals surface area (Å²) < 4.78 is 32.6. The topological polar surface area (TPSA) is 189 Å². The lowest BCUT2D eigenvalue weighted by Crippen LogP contribution is -2.29. The highest BCUT2D eigenvalue weighted by Crippen LogP contribution is 2.43. The van der Waals surface area contributed by atoms with Crippen LogP contribution in [0.4, 0.5) is 0 Å². The fourth-order valence-corrected chi connectivity index (χ4v) is 6.87. The molecule has 0 aromatic carbocycles. The summed E-state index contributed by atoms with van der Waals surface area (Å²) in [6, 6.07) is 0. The van der Waals surface area contributed by atoms with Crippen LogP contribution < -0.4 is 0 Å². The number of carbonyl (C=O) groups is 2. The Morgan fingerprint density at radius 2 is 1.10 bits per heavy atom. The molecule has 0 fully saturated rings. The van der Waals surface area contributed by atoms with Crippen molar-refractivity contribution in [3.63, 3.8) is 0 Å². The van der Waals surface area contributed by atoms with E-state index in [1.165, 1.54) is 77.0 Å². The molecule has 0 rings (SSSR count). The fourth-order valence-electron chi connectivity index (χ4n) is 6.08. The highest BCUT2D eigenvalue weighted by molar-refractivity contribution is 7.47. The van der Waals surface area contributed by atoms with Crippen molar-refractivity contribution >= 4 is 19.8 Å². The Bertz CT molecular complexity index is 1310. The number of carbonyl (C=O) groups excluding carboxylic acids is 2. The van der Waals surface area contributed by atoms with Gasteiger partial charge in [-0.3, -0.25) is 18.6 Å². The van der Waals surface area contributed by atoms with Gasteiger partial charge in [-0.2, -0.15) is 0 Å². The van der Waals surface area contributed by atoms with E-state index in [1.54, 1.807) is 36.5 Å². The zero-order valence-corrected chi connectivity index (χ0v) is 39.3. The molecule has 5 N–H and O–H groups in total. The minimum Gasteiger partial charge on any atom is -0.462 e. The molecule has 62 heavy (non-hydrogen) atoms. The molecule has 0 aliphatic rings. The highest BCUT2D eigenvalue weighted by atomic mass is 31.2. The lowest BCUT2D eigenvalue weighted by molar-refractivity contribution is -0.161. The van der Waals surface area contributed by atoms with Gasteiger partial charge in [0.25, 0.3) is 0 Å². The summed E-state index contributed by atoms with van der Waals surface area (Å²) in [7, 11) is -4.67. The molecular formula is C49H85O12P. The van der Waals surface area contributed by atoms with Gasteiger partial charge in [-0.15, -0.1) is 0 Å². The average molecular weight is 897 g/mol. The van der Waals surface area contributed by atoms with Crippen LogP contribution in [0.2, 0.25) is 0 Å². The van der Waals surface area contributed by atoms with Crippen molar-refractivity contribution in [3.8, 4) is 0 Å². The van der Waals surface area contributed by atoms with Crippen LogP contribution in [0.25, 0.3) is 0 Å². The number of esters is 2. The summed E-state index contributed by atoms with van der Waals surface area (Å²) in [5.74, 6) is -0.273. The number of aliphatic hydroxyl groups excluding tert-OH is 4. The predicted molar refractivity (Wildman–Crippen MR) is 249 cm³/mol. The Labute approximate surface area is 374 Å². The van der Waals surface area contributed by atoms with Crippen molar-refractivity contribution in [3.05, 3.63) is 72.9 Å². The molecule has 0 bridgehead atoms. The SMILES string of the molecule is CC/C=C\C[C@H](O)/C=C/C=C\C=C\[C@H](O)C/C=C\C/C=C\CCC(=O)O[C@H](COC(=O)CCCCCCCCCCCCCCCCCC(C)C)COP(=O)(O)OC[C@@H](O)CO. The van der Waals surface area contributed by atoms with Crippen LogP contribution in [0.1, 0.15) is 168 Å². The third kappa shape index (κ3) is 42.6. The first-order chi connectivity index (χ1) is 29.9. The van der Waals surface area contributed by atoms with Gasteiger partial charge in [0.05, 0.1) is 32.0 Å². The maximum absolute atomic E-state index is 12.6. The monoisotopic (exact) mass is 897 g/mol. The molecule has 0 aromatic heterocycles. The minimum absolute atomic E-state index is 0.000494. The standard InChI is InChI=1S/C49H85O12P/c1-4-5-25-33-44(51)35-28-23-24-29-36-45(52)34-27-20-17-18-22-31-38-49(55)61-47(42-60-62(56,57)59-40-46(53)39-50)41-58-48(54)37-30-21-16-14-12-10-8-6-7-9-11-13-15-19-26-32-43(2)3/h5,18,20,22-25,27-29,35-36,43-47,50-53H,4,6-17,19,21,26,30-34,37-42H2,1-3H3,(H,56,57)/b22-18-,24-23-,25-5-,27-20-,35-28+,36-29+/t44-,45+,46-,47+/m0/s1. The van der Waals surface area contributed by atoms with E-state index < -0.39 is 64.0 Å². The number of aliphatic hydroxyl groups is 4. The van der Waals surface area contributed by atoms with Crippen LogP contribution in [0.5, 0.6) is 0 Å². The number of allylic oxidation sites excluding steroid dienone is 8. The van der Waals surface area contributed by atoms with Crippen LogP contribution >= 0.6 is 7.82 Å². The van der Waals surface area contributed by atoms with E-state index in [0.29, 0.717) is 32.1 Å².